The molecule has 1 heterocycles. The number of imidazole rings is 1. The second kappa shape index (κ2) is 7.75. The number of aromatic nitrogens is 2. The van der Waals surface area contributed by atoms with Gasteiger partial charge in [-0.3, -0.25) is 0 Å². The number of hydrogen-bond donors (Lipinski definition) is 1. The van der Waals surface area contributed by atoms with Crippen LogP contribution in [0.3, 0.4) is 0 Å². The van der Waals surface area contributed by atoms with E-state index in [0.29, 0.717) is 0 Å². The van der Waals surface area contributed by atoms with E-state index in [0.717, 1.165) is 25.2 Å². The lowest BCUT2D eigenvalue weighted by Gasteiger charge is -2.11. The summed E-state index contributed by atoms with van der Waals surface area (Å²) in [6.45, 7) is 2.05. The van der Waals surface area contributed by atoms with Crippen LogP contribution in [0.25, 0.3) is 22.5 Å². The fourth-order valence-electron chi connectivity index (χ4n) is 2.84. The first-order chi connectivity index (χ1) is 11.4. The van der Waals surface area contributed by atoms with Crippen molar-refractivity contribution in [2.45, 2.75) is 19.4 Å². The van der Waals surface area contributed by atoms with Crippen molar-refractivity contribution in [2.75, 3.05) is 13.6 Å². The number of unbranched alkanes of at least 4 members (excludes halogenated alkanes) is 1. The smallest absolute Gasteiger partial charge is 0.0963 e. The van der Waals surface area contributed by atoms with Gasteiger partial charge >= 0.3 is 0 Å². The van der Waals surface area contributed by atoms with Crippen LogP contribution in [-0.2, 0) is 6.54 Å². The predicted molar refractivity (Wildman–Crippen MR) is 96.3 cm³/mol. The molecule has 118 valence electrons. The van der Waals surface area contributed by atoms with Gasteiger partial charge in [-0.15, -0.1) is 0 Å². The number of rotatable bonds is 7. The summed E-state index contributed by atoms with van der Waals surface area (Å²) in [5.74, 6) is 0. The summed E-state index contributed by atoms with van der Waals surface area (Å²) < 4.78 is 2.29. The lowest BCUT2D eigenvalue weighted by Crippen LogP contribution is -2.09. The van der Waals surface area contributed by atoms with Crippen molar-refractivity contribution in [3.63, 3.8) is 0 Å². The Morgan fingerprint density at radius 2 is 1.52 bits per heavy atom. The highest BCUT2D eigenvalue weighted by Crippen LogP contribution is 2.31. The van der Waals surface area contributed by atoms with Crippen LogP contribution in [0.1, 0.15) is 12.8 Å². The SMILES string of the molecule is CNCCCCn1cnc(-c2ccccc2)c1-c1ccccc1. The van der Waals surface area contributed by atoms with E-state index in [1.54, 1.807) is 0 Å². The lowest BCUT2D eigenvalue weighted by molar-refractivity contribution is 0.594. The topological polar surface area (TPSA) is 29.9 Å². The molecule has 0 aliphatic carbocycles. The predicted octanol–water partition coefficient (Wildman–Crippen LogP) is 4.22. The molecule has 0 amide bonds. The third kappa shape index (κ3) is 3.69. The highest BCUT2D eigenvalue weighted by molar-refractivity contribution is 5.78. The first-order valence-corrected chi connectivity index (χ1v) is 8.20. The summed E-state index contributed by atoms with van der Waals surface area (Å²) in [7, 11) is 2.00. The Bertz CT molecular complexity index is 717. The van der Waals surface area contributed by atoms with Crippen LogP contribution in [-0.4, -0.2) is 23.1 Å². The number of benzene rings is 2. The molecule has 0 bridgehead atoms. The molecule has 0 saturated carbocycles. The fraction of sp³-hybridized carbons (Fsp3) is 0.250. The van der Waals surface area contributed by atoms with Crippen molar-refractivity contribution in [3.05, 3.63) is 67.0 Å². The maximum Gasteiger partial charge on any atom is 0.0963 e. The number of nitrogens with zero attached hydrogens (tertiary/aromatic N) is 2. The molecule has 23 heavy (non-hydrogen) atoms. The molecule has 0 saturated heterocycles. The highest BCUT2D eigenvalue weighted by atomic mass is 15.1. The number of aryl methyl sites for hydroxylation is 1. The Hall–Kier alpha value is -2.39. The molecule has 0 spiro atoms. The third-order valence-electron chi connectivity index (χ3n) is 4.01. The van der Waals surface area contributed by atoms with Crippen LogP contribution in [0, 0.1) is 0 Å². The minimum atomic E-state index is 0.992. The van der Waals surface area contributed by atoms with E-state index < -0.39 is 0 Å². The zero-order chi connectivity index (χ0) is 15.9. The minimum absolute atomic E-state index is 0.992. The molecule has 1 aromatic heterocycles. The van der Waals surface area contributed by atoms with Crippen LogP contribution in [0.4, 0.5) is 0 Å². The van der Waals surface area contributed by atoms with Gasteiger partial charge in [-0.2, -0.15) is 0 Å². The van der Waals surface area contributed by atoms with Gasteiger partial charge in [0, 0.05) is 17.7 Å². The monoisotopic (exact) mass is 305 g/mol. The van der Waals surface area contributed by atoms with Gasteiger partial charge in [0.05, 0.1) is 17.7 Å². The van der Waals surface area contributed by atoms with Crippen LogP contribution in [0.5, 0.6) is 0 Å². The molecular formula is C20H23N3. The maximum absolute atomic E-state index is 4.71. The quantitative estimate of drug-likeness (QED) is 0.662. The molecule has 0 fully saturated rings. The zero-order valence-corrected chi connectivity index (χ0v) is 13.6. The minimum Gasteiger partial charge on any atom is -0.330 e. The molecule has 3 nitrogen and oxygen atoms in total. The van der Waals surface area contributed by atoms with Crippen LogP contribution < -0.4 is 5.32 Å². The average molecular weight is 305 g/mol. The van der Waals surface area contributed by atoms with Gasteiger partial charge in [-0.1, -0.05) is 60.7 Å². The van der Waals surface area contributed by atoms with Gasteiger partial charge in [0.1, 0.15) is 0 Å². The van der Waals surface area contributed by atoms with E-state index in [1.165, 1.54) is 23.2 Å². The first kappa shape index (κ1) is 15.5. The highest BCUT2D eigenvalue weighted by Gasteiger charge is 2.14. The van der Waals surface area contributed by atoms with E-state index in [4.69, 9.17) is 4.98 Å². The third-order valence-corrected chi connectivity index (χ3v) is 4.01. The van der Waals surface area contributed by atoms with Crippen molar-refractivity contribution in [1.29, 1.82) is 0 Å². The average Bonchev–Trinajstić information content (AvgIpc) is 3.04. The molecule has 3 aromatic rings. The standard InChI is InChI=1S/C20H23N3/c1-21-14-8-9-15-23-16-22-19(17-10-4-2-5-11-17)20(23)18-12-6-3-7-13-18/h2-7,10-13,16,21H,8-9,14-15H2,1H3. The Balaban J connectivity index is 1.96. The van der Waals surface area contributed by atoms with Gasteiger partial charge < -0.3 is 9.88 Å². The van der Waals surface area contributed by atoms with Crippen molar-refractivity contribution < 1.29 is 0 Å². The van der Waals surface area contributed by atoms with Crippen molar-refractivity contribution in [2.24, 2.45) is 0 Å². The molecule has 3 heteroatoms. The summed E-state index contributed by atoms with van der Waals surface area (Å²) in [6, 6.07) is 21.0. The Labute approximate surface area is 138 Å². The van der Waals surface area contributed by atoms with Gasteiger partial charge in [-0.25, -0.2) is 4.98 Å². The van der Waals surface area contributed by atoms with Crippen molar-refractivity contribution >= 4 is 0 Å². The zero-order valence-electron chi connectivity index (χ0n) is 13.6. The Morgan fingerprint density at radius 1 is 0.870 bits per heavy atom. The van der Waals surface area contributed by atoms with E-state index >= 15 is 0 Å². The molecule has 0 radical (unpaired) electrons. The van der Waals surface area contributed by atoms with Gasteiger partial charge in [0.2, 0.25) is 0 Å². The van der Waals surface area contributed by atoms with Crippen LogP contribution >= 0.6 is 0 Å². The van der Waals surface area contributed by atoms with E-state index in [1.807, 2.05) is 19.4 Å². The lowest BCUT2D eigenvalue weighted by atomic mass is 10.0. The van der Waals surface area contributed by atoms with Crippen LogP contribution in [0.15, 0.2) is 67.0 Å². The van der Waals surface area contributed by atoms with E-state index in [2.05, 4.69) is 64.5 Å². The summed E-state index contributed by atoms with van der Waals surface area (Å²) >= 11 is 0. The van der Waals surface area contributed by atoms with Crippen LogP contribution in [0.2, 0.25) is 0 Å². The molecule has 0 unspecified atom stereocenters. The Morgan fingerprint density at radius 3 is 2.17 bits per heavy atom. The Kier molecular flexibility index (Phi) is 5.22. The number of hydrogen-bond acceptors (Lipinski definition) is 2. The molecule has 0 atom stereocenters. The first-order valence-electron chi connectivity index (χ1n) is 8.20. The molecule has 0 aliphatic heterocycles. The molecule has 0 aliphatic rings. The second-order valence-corrected chi connectivity index (χ2v) is 5.68. The maximum atomic E-state index is 4.71. The van der Waals surface area contributed by atoms with Gasteiger partial charge in [-0.05, 0) is 26.4 Å². The van der Waals surface area contributed by atoms with Gasteiger partial charge in [0.25, 0.3) is 0 Å². The largest absolute Gasteiger partial charge is 0.330 e. The second-order valence-electron chi connectivity index (χ2n) is 5.68. The summed E-state index contributed by atoms with van der Waals surface area (Å²) in [6.07, 6.45) is 4.29. The molecular weight excluding hydrogens is 282 g/mol. The number of nitrogens with one attached hydrogen (secondary N) is 1. The van der Waals surface area contributed by atoms with Crippen molar-refractivity contribution in [3.8, 4) is 22.5 Å². The fourth-order valence-corrected chi connectivity index (χ4v) is 2.84. The van der Waals surface area contributed by atoms with Crippen molar-refractivity contribution in [1.82, 2.24) is 14.9 Å². The molecule has 2 aromatic carbocycles. The summed E-state index contributed by atoms with van der Waals surface area (Å²) in [5.41, 5.74) is 4.66. The van der Waals surface area contributed by atoms with E-state index in [9.17, 15) is 0 Å². The normalized spacial score (nSPS) is 10.8. The molecule has 3 rings (SSSR count). The molecule has 1 N–H and O–H groups in total. The summed E-state index contributed by atoms with van der Waals surface area (Å²) in [4.78, 5) is 4.71. The van der Waals surface area contributed by atoms with E-state index in [-0.39, 0.29) is 0 Å². The van der Waals surface area contributed by atoms with Gasteiger partial charge in [0.15, 0.2) is 0 Å². The summed E-state index contributed by atoms with van der Waals surface area (Å²) in [5, 5.41) is 3.21.